The number of nitrogens with one attached hydrogen (secondary N) is 1. The zero-order valence-corrected chi connectivity index (χ0v) is 8.46. The Bertz CT molecular complexity index is 284. The maximum absolute atomic E-state index is 13.5. The van der Waals surface area contributed by atoms with Crippen molar-refractivity contribution in [2.45, 2.75) is 31.5 Å². The number of halogens is 1. The van der Waals surface area contributed by atoms with Crippen LogP contribution in [0.5, 0.6) is 0 Å². The van der Waals surface area contributed by atoms with Crippen LogP contribution in [0.4, 0.5) is 4.39 Å². The van der Waals surface area contributed by atoms with Crippen LogP contribution in [0.25, 0.3) is 0 Å². The van der Waals surface area contributed by atoms with Gasteiger partial charge in [-0.1, -0.05) is 30.3 Å². The minimum absolute atomic E-state index is 0.333. The topological polar surface area (TPSA) is 12.0 Å². The summed E-state index contributed by atoms with van der Waals surface area (Å²) in [5.41, 5.74) is 0.244. The molecule has 14 heavy (non-hydrogen) atoms. The highest BCUT2D eigenvalue weighted by molar-refractivity contribution is 5.19. The fourth-order valence-electron chi connectivity index (χ4n) is 1.94. The Labute approximate surface area is 84.3 Å². The summed E-state index contributed by atoms with van der Waals surface area (Å²) in [6.07, 6.45) is 1.54. The second-order valence-electron chi connectivity index (χ2n) is 4.30. The second kappa shape index (κ2) is 3.70. The highest BCUT2D eigenvalue weighted by Crippen LogP contribution is 2.29. The Kier molecular flexibility index (Phi) is 2.55. The Hall–Kier alpha value is -0.890. The molecule has 1 aliphatic heterocycles. The standard InChI is InChI=1S/C12H16FN/c1-12(13)8-7-11(14-9-12)10-5-3-2-4-6-10/h2-6,11,14H,7-9H2,1H3/t11-,12-/m1/s1. The summed E-state index contributed by atoms with van der Waals surface area (Å²) in [5, 5.41) is 3.25. The summed E-state index contributed by atoms with van der Waals surface area (Å²) < 4.78 is 13.5. The number of benzene rings is 1. The predicted molar refractivity (Wildman–Crippen MR) is 55.9 cm³/mol. The summed E-state index contributed by atoms with van der Waals surface area (Å²) >= 11 is 0. The van der Waals surface area contributed by atoms with E-state index in [1.807, 2.05) is 18.2 Å². The molecule has 2 atom stereocenters. The summed E-state index contributed by atoms with van der Waals surface area (Å²) in [6, 6.07) is 10.6. The van der Waals surface area contributed by atoms with Gasteiger partial charge in [0.15, 0.2) is 0 Å². The molecule has 1 nitrogen and oxygen atoms in total. The van der Waals surface area contributed by atoms with Crippen molar-refractivity contribution < 1.29 is 4.39 Å². The van der Waals surface area contributed by atoms with Crippen LogP contribution in [0.15, 0.2) is 30.3 Å². The van der Waals surface area contributed by atoms with Gasteiger partial charge in [0.2, 0.25) is 0 Å². The van der Waals surface area contributed by atoms with Crippen LogP contribution in [0.2, 0.25) is 0 Å². The van der Waals surface area contributed by atoms with Crippen LogP contribution in [0, 0.1) is 0 Å². The van der Waals surface area contributed by atoms with Crippen LogP contribution in [-0.2, 0) is 0 Å². The first kappa shape index (κ1) is 9.66. The number of rotatable bonds is 1. The maximum Gasteiger partial charge on any atom is 0.120 e. The molecule has 1 saturated heterocycles. The van der Waals surface area contributed by atoms with Gasteiger partial charge in [-0.2, -0.15) is 0 Å². The lowest BCUT2D eigenvalue weighted by Gasteiger charge is -2.32. The fraction of sp³-hybridized carbons (Fsp3) is 0.500. The van der Waals surface area contributed by atoms with E-state index in [1.54, 1.807) is 6.92 Å². The largest absolute Gasteiger partial charge is 0.307 e. The average molecular weight is 193 g/mol. The summed E-state index contributed by atoms with van der Waals surface area (Å²) in [7, 11) is 0. The molecule has 2 rings (SSSR count). The first-order valence-electron chi connectivity index (χ1n) is 5.15. The normalized spacial score (nSPS) is 32.9. The van der Waals surface area contributed by atoms with Gasteiger partial charge in [-0.15, -0.1) is 0 Å². The van der Waals surface area contributed by atoms with Crippen molar-refractivity contribution in [2.75, 3.05) is 6.54 Å². The third kappa shape index (κ3) is 2.13. The highest BCUT2D eigenvalue weighted by Gasteiger charge is 2.30. The van der Waals surface area contributed by atoms with Gasteiger partial charge < -0.3 is 5.32 Å². The molecular weight excluding hydrogens is 177 g/mol. The molecule has 1 aromatic rings. The molecule has 76 valence electrons. The lowest BCUT2D eigenvalue weighted by molar-refractivity contribution is 0.125. The first-order valence-corrected chi connectivity index (χ1v) is 5.15. The molecule has 0 radical (unpaired) electrons. The van der Waals surface area contributed by atoms with Crippen LogP contribution < -0.4 is 5.32 Å². The van der Waals surface area contributed by atoms with E-state index in [0.29, 0.717) is 19.0 Å². The molecule has 0 saturated carbocycles. The fourth-order valence-corrected chi connectivity index (χ4v) is 1.94. The third-order valence-electron chi connectivity index (χ3n) is 2.87. The van der Waals surface area contributed by atoms with Gasteiger partial charge in [-0.05, 0) is 25.3 Å². The van der Waals surface area contributed by atoms with E-state index in [0.717, 1.165) is 6.42 Å². The molecule has 1 N–H and O–H groups in total. The minimum Gasteiger partial charge on any atom is -0.307 e. The van der Waals surface area contributed by atoms with Crippen molar-refractivity contribution in [1.29, 1.82) is 0 Å². The van der Waals surface area contributed by atoms with Crippen LogP contribution in [-0.4, -0.2) is 12.2 Å². The van der Waals surface area contributed by atoms with E-state index in [2.05, 4.69) is 17.4 Å². The van der Waals surface area contributed by atoms with E-state index in [-0.39, 0.29) is 0 Å². The highest BCUT2D eigenvalue weighted by atomic mass is 19.1. The molecule has 1 aromatic carbocycles. The van der Waals surface area contributed by atoms with Crippen molar-refractivity contribution >= 4 is 0 Å². The van der Waals surface area contributed by atoms with Crippen LogP contribution in [0.3, 0.4) is 0 Å². The third-order valence-corrected chi connectivity index (χ3v) is 2.87. The molecule has 0 unspecified atom stereocenters. The first-order chi connectivity index (χ1) is 6.67. The number of hydrogen-bond donors (Lipinski definition) is 1. The Morgan fingerprint density at radius 2 is 2.07 bits per heavy atom. The molecule has 1 fully saturated rings. The summed E-state index contributed by atoms with van der Waals surface area (Å²) in [4.78, 5) is 0. The van der Waals surface area contributed by atoms with Gasteiger partial charge in [0.25, 0.3) is 0 Å². The van der Waals surface area contributed by atoms with Crippen molar-refractivity contribution in [2.24, 2.45) is 0 Å². The van der Waals surface area contributed by atoms with Gasteiger partial charge in [-0.3, -0.25) is 0 Å². The van der Waals surface area contributed by atoms with Crippen LogP contribution >= 0.6 is 0 Å². The van der Waals surface area contributed by atoms with E-state index in [9.17, 15) is 4.39 Å². The van der Waals surface area contributed by atoms with Crippen molar-refractivity contribution in [1.82, 2.24) is 5.32 Å². The summed E-state index contributed by atoms with van der Waals surface area (Å²) in [5.74, 6) is 0. The van der Waals surface area contributed by atoms with Gasteiger partial charge in [0.1, 0.15) is 5.67 Å². The predicted octanol–water partition coefficient (Wildman–Crippen LogP) is 2.84. The quantitative estimate of drug-likeness (QED) is 0.723. The monoisotopic (exact) mass is 193 g/mol. The van der Waals surface area contributed by atoms with Crippen molar-refractivity contribution in [3.05, 3.63) is 35.9 Å². The molecule has 0 aliphatic carbocycles. The zero-order valence-electron chi connectivity index (χ0n) is 8.46. The smallest absolute Gasteiger partial charge is 0.120 e. The van der Waals surface area contributed by atoms with Crippen LogP contribution in [0.1, 0.15) is 31.4 Å². The summed E-state index contributed by atoms with van der Waals surface area (Å²) in [6.45, 7) is 2.13. The molecular formula is C12H16FN. The van der Waals surface area contributed by atoms with Gasteiger partial charge in [0.05, 0.1) is 0 Å². The van der Waals surface area contributed by atoms with E-state index in [1.165, 1.54) is 5.56 Å². The van der Waals surface area contributed by atoms with E-state index >= 15 is 0 Å². The molecule has 0 spiro atoms. The van der Waals surface area contributed by atoms with Gasteiger partial charge in [0, 0.05) is 12.6 Å². The SMILES string of the molecule is C[C@@]1(F)CC[C@H](c2ccccc2)NC1. The number of alkyl halides is 1. The molecule has 0 amide bonds. The maximum atomic E-state index is 13.5. The molecule has 2 heteroatoms. The molecule has 1 heterocycles. The van der Waals surface area contributed by atoms with E-state index in [4.69, 9.17) is 0 Å². The average Bonchev–Trinajstić information content (AvgIpc) is 2.19. The van der Waals surface area contributed by atoms with Crippen molar-refractivity contribution in [3.63, 3.8) is 0 Å². The Morgan fingerprint density at radius 1 is 1.36 bits per heavy atom. The zero-order chi connectivity index (χ0) is 10.0. The van der Waals surface area contributed by atoms with E-state index < -0.39 is 5.67 Å². The lowest BCUT2D eigenvalue weighted by atomic mass is 9.90. The minimum atomic E-state index is -1.02. The van der Waals surface area contributed by atoms with Crippen molar-refractivity contribution in [3.8, 4) is 0 Å². The Morgan fingerprint density at radius 3 is 2.64 bits per heavy atom. The molecule has 1 aliphatic rings. The lowest BCUT2D eigenvalue weighted by Crippen LogP contribution is -2.41. The van der Waals surface area contributed by atoms with Gasteiger partial charge in [-0.25, -0.2) is 4.39 Å². The van der Waals surface area contributed by atoms with Gasteiger partial charge >= 0.3 is 0 Å². The second-order valence-corrected chi connectivity index (χ2v) is 4.30. The molecule has 0 aromatic heterocycles. The number of piperidine rings is 1. The molecule has 0 bridgehead atoms. The number of hydrogen-bond acceptors (Lipinski definition) is 1. The Balaban J connectivity index is 2.03.